The van der Waals surface area contributed by atoms with Crippen LogP contribution in [-0.4, -0.2) is 19.7 Å². The van der Waals surface area contributed by atoms with Crippen LogP contribution in [0.25, 0.3) is 0 Å². The molecule has 0 saturated heterocycles. The Morgan fingerprint density at radius 3 is 2.05 bits per heavy atom. The summed E-state index contributed by atoms with van der Waals surface area (Å²) in [5.41, 5.74) is 2.41. The van der Waals surface area contributed by atoms with Gasteiger partial charge in [0, 0.05) is 11.4 Å². The van der Waals surface area contributed by atoms with E-state index in [2.05, 4.69) is 5.32 Å². The number of benzene rings is 2. The van der Waals surface area contributed by atoms with Crippen LogP contribution in [0.5, 0.6) is 5.75 Å². The standard InChI is InChI=1S/C16H17NO3/c1-3-20-16(18)12-4-6-13(7-5-12)17-14-8-10-15(19-2)11-9-14/h4-11,17H,3H2,1-2H3. The lowest BCUT2D eigenvalue weighted by atomic mass is 10.2. The molecule has 0 saturated carbocycles. The Bertz CT molecular complexity index is 561. The summed E-state index contributed by atoms with van der Waals surface area (Å²) in [5.74, 6) is 0.511. The molecule has 0 radical (unpaired) electrons. The molecule has 0 aliphatic rings. The van der Waals surface area contributed by atoms with Crippen LogP contribution in [0.2, 0.25) is 0 Å². The minimum atomic E-state index is -0.302. The van der Waals surface area contributed by atoms with Gasteiger partial charge in [-0.25, -0.2) is 4.79 Å². The van der Waals surface area contributed by atoms with E-state index in [9.17, 15) is 4.79 Å². The molecule has 104 valence electrons. The van der Waals surface area contributed by atoms with Gasteiger partial charge in [0.05, 0.1) is 19.3 Å². The van der Waals surface area contributed by atoms with Gasteiger partial charge in [-0.3, -0.25) is 0 Å². The highest BCUT2D eigenvalue weighted by molar-refractivity contribution is 5.89. The molecule has 0 aliphatic heterocycles. The van der Waals surface area contributed by atoms with Gasteiger partial charge in [-0.15, -0.1) is 0 Å². The van der Waals surface area contributed by atoms with Gasteiger partial charge in [0.15, 0.2) is 0 Å². The molecule has 2 aromatic rings. The van der Waals surface area contributed by atoms with Crippen LogP contribution < -0.4 is 10.1 Å². The Labute approximate surface area is 118 Å². The lowest BCUT2D eigenvalue weighted by Gasteiger charge is -2.08. The van der Waals surface area contributed by atoms with Gasteiger partial charge >= 0.3 is 5.97 Å². The van der Waals surface area contributed by atoms with Gasteiger partial charge in [0.1, 0.15) is 5.75 Å². The number of carbonyl (C=O) groups excluding carboxylic acids is 1. The van der Waals surface area contributed by atoms with Crippen LogP contribution in [-0.2, 0) is 4.74 Å². The van der Waals surface area contributed by atoms with Crippen molar-refractivity contribution in [2.24, 2.45) is 0 Å². The van der Waals surface area contributed by atoms with Gasteiger partial charge in [0.25, 0.3) is 0 Å². The second kappa shape index (κ2) is 6.61. The first kappa shape index (κ1) is 13.9. The molecule has 0 heterocycles. The number of anilines is 2. The number of methoxy groups -OCH3 is 1. The van der Waals surface area contributed by atoms with Crippen LogP contribution >= 0.6 is 0 Å². The Kier molecular flexibility index (Phi) is 4.60. The van der Waals surface area contributed by atoms with E-state index in [1.54, 1.807) is 26.2 Å². The van der Waals surface area contributed by atoms with Crippen molar-refractivity contribution in [2.45, 2.75) is 6.92 Å². The molecule has 0 atom stereocenters. The topological polar surface area (TPSA) is 47.6 Å². The third kappa shape index (κ3) is 3.51. The number of hydrogen-bond acceptors (Lipinski definition) is 4. The van der Waals surface area contributed by atoms with Crippen molar-refractivity contribution >= 4 is 17.3 Å². The molecule has 1 N–H and O–H groups in total. The van der Waals surface area contributed by atoms with E-state index >= 15 is 0 Å². The zero-order valence-corrected chi connectivity index (χ0v) is 11.6. The van der Waals surface area contributed by atoms with Crippen LogP contribution in [0.3, 0.4) is 0 Å². The van der Waals surface area contributed by atoms with Gasteiger partial charge in [-0.2, -0.15) is 0 Å². The molecule has 4 nitrogen and oxygen atoms in total. The van der Waals surface area contributed by atoms with Crippen molar-refractivity contribution in [3.05, 3.63) is 54.1 Å². The maximum absolute atomic E-state index is 11.5. The zero-order chi connectivity index (χ0) is 14.4. The second-order valence-electron chi connectivity index (χ2n) is 4.15. The Hall–Kier alpha value is -2.49. The number of hydrogen-bond donors (Lipinski definition) is 1. The number of ether oxygens (including phenoxy) is 2. The van der Waals surface area contributed by atoms with Crippen molar-refractivity contribution in [3.8, 4) is 5.75 Å². The van der Waals surface area contributed by atoms with Crippen molar-refractivity contribution in [3.63, 3.8) is 0 Å². The minimum Gasteiger partial charge on any atom is -0.497 e. The number of esters is 1. The maximum atomic E-state index is 11.5. The summed E-state index contributed by atoms with van der Waals surface area (Å²) >= 11 is 0. The van der Waals surface area contributed by atoms with E-state index in [0.717, 1.165) is 17.1 Å². The van der Waals surface area contributed by atoms with Crippen LogP contribution in [0.4, 0.5) is 11.4 Å². The predicted molar refractivity (Wildman–Crippen MR) is 78.7 cm³/mol. The summed E-state index contributed by atoms with van der Waals surface area (Å²) < 4.78 is 10.0. The molecule has 2 rings (SSSR count). The fraction of sp³-hybridized carbons (Fsp3) is 0.188. The Balaban J connectivity index is 2.04. The summed E-state index contributed by atoms with van der Waals surface area (Å²) in [7, 11) is 1.64. The first-order chi connectivity index (χ1) is 9.72. The predicted octanol–water partition coefficient (Wildman–Crippen LogP) is 3.62. The fourth-order valence-electron chi connectivity index (χ4n) is 1.75. The van der Waals surface area contributed by atoms with Gasteiger partial charge in [-0.05, 0) is 55.5 Å². The van der Waals surface area contributed by atoms with E-state index in [4.69, 9.17) is 9.47 Å². The number of carbonyl (C=O) groups is 1. The Morgan fingerprint density at radius 1 is 1.00 bits per heavy atom. The van der Waals surface area contributed by atoms with Gasteiger partial charge in [0.2, 0.25) is 0 Å². The van der Waals surface area contributed by atoms with Crippen molar-refractivity contribution < 1.29 is 14.3 Å². The second-order valence-corrected chi connectivity index (χ2v) is 4.15. The third-order valence-electron chi connectivity index (χ3n) is 2.77. The smallest absolute Gasteiger partial charge is 0.338 e. The average molecular weight is 271 g/mol. The molecular weight excluding hydrogens is 254 g/mol. The van der Waals surface area contributed by atoms with Gasteiger partial charge in [-0.1, -0.05) is 0 Å². The highest BCUT2D eigenvalue weighted by Crippen LogP contribution is 2.20. The molecule has 0 bridgehead atoms. The molecule has 0 aromatic heterocycles. The normalized spacial score (nSPS) is 9.90. The summed E-state index contributed by atoms with van der Waals surface area (Å²) in [6.45, 7) is 2.17. The SMILES string of the molecule is CCOC(=O)c1ccc(Nc2ccc(OC)cc2)cc1. The summed E-state index contributed by atoms with van der Waals surface area (Å²) in [4.78, 5) is 11.5. The van der Waals surface area contributed by atoms with Crippen molar-refractivity contribution in [2.75, 3.05) is 19.0 Å². The van der Waals surface area contributed by atoms with E-state index in [1.807, 2.05) is 36.4 Å². The lowest BCUT2D eigenvalue weighted by Crippen LogP contribution is -2.04. The summed E-state index contributed by atoms with van der Waals surface area (Å²) in [6, 6.07) is 14.8. The molecule has 0 fully saturated rings. The van der Waals surface area contributed by atoms with Crippen LogP contribution in [0.15, 0.2) is 48.5 Å². The molecule has 2 aromatic carbocycles. The summed E-state index contributed by atoms with van der Waals surface area (Å²) in [6.07, 6.45) is 0. The molecule has 0 amide bonds. The Morgan fingerprint density at radius 2 is 1.55 bits per heavy atom. The van der Waals surface area contributed by atoms with E-state index in [1.165, 1.54) is 0 Å². The van der Waals surface area contributed by atoms with Gasteiger partial charge < -0.3 is 14.8 Å². The number of rotatable bonds is 5. The lowest BCUT2D eigenvalue weighted by molar-refractivity contribution is 0.0526. The van der Waals surface area contributed by atoms with Crippen LogP contribution in [0.1, 0.15) is 17.3 Å². The molecule has 20 heavy (non-hydrogen) atoms. The first-order valence-corrected chi connectivity index (χ1v) is 6.41. The first-order valence-electron chi connectivity index (χ1n) is 6.41. The van der Waals surface area contributed by atoms with E-state index < -0.39 is 0 Å². The molecule has 0 unspecified atom stereocenters. The fourth-order valence-corrected chi connectivity index (χ4v) is 1.75. The third-order valence-corrected chi connectivity index (χ3v) is 2.77. The maximum Gasteiger partial charge on any atom is 0.338 e. The monoisotopic (exact) mass is 271 g/mol. The molecular formula is C16H17NO3. The largest absolute Gasteiger partial charge is 0.497 e. The van der Waals surface area contributed by atoms with Crippen LogP contribution in [0, 0.1) is 0 Å². The van der Waals surface area contributed by atoms with E-state index in [0.29, 0.717) is 12.2 Å². The minimum absolute atomic E-state index is 0.302. The molecule has 0 spiro atoms. The van der Waals surface area contributed by atoms with Crippen molar-refractivity contribution in [1.82, 2.24) is 0 Å². The van der Waals surface area contributed by atoms with E-state index in [-0.39, 0.29) is 5.97 Å². The zero-order valence-electron chi connectivity index (χ0n) is 11.6. The highest BCUT2D eigenvalue weighted by Gasteiger charge is 2.05. The van der Waals surface area contributed by atoms with Crippen molar-refractivity contribution in [1.29, 1.82) is 0 Å². The highest BCUT2D eigenvalue weighted by atomic mass is 16.5. The molecule has 4 heteroatoms. The average Bonchev–Trinajstić information content (AvgIpc) is 2.49. The number of nitrogens with one attached hydrogen (secondary N) is 1. The summed E-state index contributed by atoms with van der Waals surface area (Å²) in [5, 5.41) is 3.25. The quantitative estimate of drug-likeness (QED) is 0.844. The molecule has 0 aliphatic carbocycles.